The smallest absolute Gasteiger partial charge is 0.257 e. The van der Waals surface area contributed by atoms with Gasteiger partial charge in [0, 0.05) is 25.2 Å². The van der Waals surface area contributed by atoms with Crippen LogP contribution in [0.15, 0.2) is 18.2 Å². The van der Waals surface area contributed by atoms with Crippen molar-refractivity contribution in [2.75, 3.05) is 18.5 Å². The molecule has 1 unspecified atom stereocenters. The van der Waals surface area contributed by atoms with E-state index in [-0.39, 0.29) is 24.0 Å². The molecule has 5 nitrogen and oxygen atoms in total. The Balaban J connectivity index is 1.53. The first-order chi connectivity index (χ1) is 13.6. The van der Waals surface area contributed by atoms with Crippen LogP contribution in [0.5, 0.6) is 0 Å². The van der Waals surface area contributed by atoms with E-state index in [1.165, 1.54) is 38.5 Å². The average Bonchev–Trinajstić information content (AvgIpc) is 2.94. The average molecular weight is 384 g/mol. The minimum absolute atomic E-state index is 0.00230. The van der Waals surface area contributed by atoms with Crippen LogP contribution >= 0.6 is 0 Å². The molecule has 3 aliphatic rings. The lowest BCUT2D eigenvalue weighted by Gasteiger charge is -2.43. The van der Waals surface area contributed by atoms with Crippen molar-refractivity contribution >= 4 is 17.5 Å². The van der Waals surface area contributed by atoms with E-state index in [9.17, 15) is 9.59 Å². The Kier molecular flexibility index (Phi) is 5.88. The van der Waals surface area contributed by atoms with E-state index in [2.05, 4.69) is 17.3 Å². The third-order valence-corrected chi connectivity index (χ3v) is 6.74. The minimum Gasteiger partial charge on any atom is -0.354 e. The van der Waals surface area contributed by atoms with E-state index in [0.717, 1.165) is 49.9 Å². The van der Waals surface area contributed by atoms with Crippen molar-refractivity contribution in [3.05, 3.63) is 29.3 Å². The van der Waals surface area contributed by atoms with E-state index in [1.807, 2.05) is 23.1 Å². The molecule has 5 heteroatoms. The van der Waals surface area contributed by atoms with Crippen LogP contribution in [0.1, 0.15) is 91.3 Å². The first-order valence-corrected chi connectivity index (χ1v) is 11.1. The monoisotopic (exact) mass is 383 g/mol. The Morgan fingerprint density at radius 3 is 2.43 bits per heavy atom. The highest BCUT2D eigenvalue weighted by Gasteiger charge is 2.36. The van der Waals surface area contributed by atoms with Gasteiger partial charge in [-0.15, -0.1) is 0 Å². The van der Waals surface area contributed by atoms with Crippen molar-refractivity contribution in [3.8, 4) is 0 Å². The lowest BCUT2D eigenvalue weighted by atomic mass is 9.96. The van der Waals surface area contributed by atoms with Crippen molar-refractivity contribution in [3.63, 3.8) is 0 Å². The molecule has 1 aromatic carbocycles. The SMILES string of the molecule is CN1c2cc(C(=O)NC3CCCCCCC3)ccc2C(=O)N2CCCCCC21. The van der Waals surface area contributed by atoms with Crippen LogP contribution in [0, 0.1) is 0 Å². The second-order valence-corrected chi connectivity index (χ2v) is 8.69. The first-order valence-electron chi connectivity index (χ1n) is 11.1. The highest BCUT2D eigenvalue weighted by atomic mass is 16.2. The Hall–Kier alpha value is -2.04. The zero-order chi connectivity index (χ0) is 19.5. The van der Waals surface area contributed by atoms with Gasteiger partial charge in [0.15, 0.2) is 0 Å². The molecular formula is C23H33N3O2. The summed E-state index contributed by atoms with van der Waals surface area (Å²) in [5.41, 5.74) is 2.30. The number of hydrogen-bond acceptors (Lipinski definition) is 3. The van der Waals surface area contributed by atoms with Crippen LogP contribution in [0.2, 0.25) is 0 Å². The summed E-state index contributed by atoms with van der Waals surface area (Å²) in [7, 11) is 2.06. The summed E-state index contributed by atoms with van der Waals surface area (Å²) in [4.78, 5) is 30.1. The summed E-state index contributed by atoms with van der Waals surface area (Å²) in [6.07, 6.45) is 12.9. The largest absolute Gasteiger partial charge is 0.354 e. The molecule has 1 N–H and O–H groups in total. The van der Waals surface area contributed by atoms with E-state index >= 15 is 0 Å². The number of nitrogens with zero attached hydrogens (tertiary/aromatic N) is 2. The van der Waals surface area contributed by atoms with Crippen molar-refractivity contribution < 1.29 is 9.59 Å². The summed E-state index contributed by atoms with van der Waals surface area (Å²) in [5.74, 6) is 0.115. The number of amides is 2. The quantitative estimate of drug-likeness (QED) is 0.827. The number of carbonyl (C=O) groups excluding carboxylic acids is 2. The van der Waals surface area contributed by atoms with Gasteiger partial charge in [-0.2, -0.15) is 0 Å². The Morgan fingerprint density at radius 2 is 1.64 bits per heavy atom. The molecule has 2 fully saturated rings. The van der Waals surface area contributed by atoms with Crippen molar-refractivity contribution in [1.82, 2.24) is 10.2 Å². The van der Waals surface area contributed by atoms with Gasteiger partial charge in [0.1, 0.15) is 6.17 Å². The Labute approximate surface area is 168 Å². The standard InChI is InChI=1S/C23H33N3O2/c1-25-20-16-17(22(27)24-18-10-6-3-2-4-7-11-18)13-14-19(20)23(28)26-15-9-5-8-12-21(25)26/h13-14,16,18,21H,2-12,15H2,1H3,(H,24,27). The van der Waals surface area contributed by atoms with Gasteiger partial charge in [0.05, 0.1) is 11.3 Å². The minimum atomic E-state index is -0.00230. The van der Waals surface area contributed by atoms with Gasteiger partial charge < -0.3 is 15.1 Å². The Bertz CT molecular complexity index is 725. The molecule has 1 saturated heterocycles. The number of carbonyl (C=O) groups is 2. The van der Waals surface area contributed by atoms with E-state index in [1.54, 1.807) is 0 Å². The van der Waals surface area contributed by atoms with Crippen molar-refractivity contribution in [1.29, 1.82) is 0 Å². The zero-order valence-corrected chi connectivity index (χ0v) is 17.1. The molecule has 2 heterocycles. The molecule has 152 valence electrons. The topological polar surface area (TPSA) is 52.7 Å². The van der Waals surface area contributed by atoms with Gasteiger partial charge in [-0.05, 0) is 50.3 Å². The second kappa shape index (κ2) is 8.54. The van der Waals surface area contributed by atoms with Crippen LogP contribution in [0.4, 0.5) is 5.69 Å². The van der Waals surface area contributed by atoms with Crippen LogP contribution < -0.4 is 10.2 Å². The van der Waals surface area contributed by atoms with Gasteiger partial charge in [0.25, 0.3) is 11.8 Å². The maximum absolute atomic E-state index is 13.0. The number of anilines is 1. The molecule has 1 saturated carbocycles. The predicted octanol–water partition coefficient (Wildman–Crippen LogP) is 4.32. The molecule has 0 radical (unpaired) electrons. The summed E-state index contributed by atoms with van der Waals surface area (Å²) in [6, 6.07) is 5.87. The molecule has 28 heavy (non-hydrogen) atoms. The molecule has 2 amide bonds. The lowest BCUT2D eigenvalue weighted by molar-refractivity contribution is 0.0661. The summed E-state index contributed by atoms with van der Waals surface area (Å²) in [6.45, 7) is 0.831. The predicted molar refractivity (Wildman–Crippen MR) is 112 cm³/mol. The van der Waals surface area contributed by atoms with Gasteiger partial charge >= 0.3 is 0 Å². The van der Waals surface area contributed by atoms with Gasteiger partial charge in [-0.1, -0.05) is 38.5 Å². The maximum Gasteiger partial charge on any atom is 0.257 e. The Morgan fingerprint density at radius 1 is 0.964 bits per heavy atom. The third-order valence-electron chi connectivity index (χ3n) is 6.74. The highest BCUT2D eigenvalue weighted by Crippen LogP contribution is 2.34. The van der Waals surface area contributed by atoms with Gasteiger partial charge in [-0.25, -0.2) is 0 Å². The summed E-state index contributed by atoms with van der Waals surface area (Å²) < 4.78 is 0. The van der Waals surface area contributed by atoms with Crippen LogP contribution in [0.3, 0.4) is 0 Å². The molecule has 0 bridgehead atoms. The molecule has 4 rings (SSSR count). The number of hydrogen-bond donors (Lipinski definition) is 1. The van der Waals surface area contributed by atoms with E-state index in [4.69, 9.17) is 0 Å². The van der Waals surface area contributed by atoms with Crippen molar-refractivity contribution in [2.24, 2.45) is 0 Å². The number of rotatable bonds is 2. The highest BCUT2D eigenvalue weighted by molar-refractivity contribution is 6.04. The van der Waals surface area contributed by atoms with E-state index in [0.29, 0.717) is 5.56 Å². The van der Waals surface area contributed by atoms with Gasteiger partial charge in [0.2, 0.25) is 0 Å². The fraction of sp³-hybridized carbons (Fsp3) is 0.652. The van der Waals surface area contributed by atoms with E-state index < -0.39 is 0 Å². The molecule has 0 aromatic heterocycles. The fourth-order valence-corrected chi connectivity index (χ4v) is 5.06. The van der Waals surface area contributed by atoms with Crippen molar-refractivity contribution in [2.45, 2.75) is 82.8 Å². The third kappa shape index (κ3) is 3.89. The lowest BCUT2D eigenvalue weighted by Crippen LogP contribution is -2.53. The molecule has 0 spiro atoms. The van der Waals surface area contributed by atoms with Crippen LogP contribution in [0.25, 0.3) is 0 Å². The second-order valence-electron chi connectivity index (χ2n) is 8.69. The molecular weight excluding hydrogens is 350 g/mol. The molecule has 1 aromatic rings. The molecule has 2 aliphatic heterocycles. The molecule has 1 aliphatic carbocycles. The summed E-state index contributed by atoms with van der Waals surface area (Å²) >= 11 is 0. The maximum atomic E-state index is 13.0. The summed E-state index contributed by atoms with van der Waals surface area (Å²) in [5, 5.41) is 3.25. The van der Waals surface area contributed by atoms with Gasteiger partial charge in [-0.3, -0.25) is 9.59 Å². The fourth-order valence-electron chi connectivity index (χ4n) is 5.06. The number of nitrogens with one attached hydrogen (secondary N) is 1. The van der Waals surface area contributed by atoms with Crippen LogP contribution in [-0.2, 0) is 0 Å². The first kappa shape index (κ1) is 19.3. The number of fused-ring (bicyclic) bond motifs is 2. The molecule has 1 atom stereocenters. The number of benzene rings is 1. The van der Waals surface area contributed by atoms with Crippen LogP contribution in [-0.4, -0.2) is 42.5 Å². The zero-order valence-electron chi connectivity index (χ0n) is 17.1. The normalized spacial score (nSPS) is 23.9.